The summed E-state index contributed by atoms with van der Waals surface area (Å²) in [6, 6.07) is 9.56. The van der Waals surface area contributed by atoms with Crippen LogP contribution in [0.1, 0.15) is 5.56 Å². The topological polar surface area (TPSA) is 116 Å². The Morgan fingerprint density at radius 2 is 1.71 bits per heavy atom. The molecule has 0 fully saturated rings. The van der Waals surface area contributed by atoms with Gasteiger partial charge in [-0.3, -0.25) is 0 Å². The molecule has 17 heavy (non-hydrogen) atoms. The maximum absolute atomic E-state index is 5.70. The predicted molar refractivity (Wildman–Crippen MR) is 69.0 cm³/mol. The molecule has 86 valence electrons. The largest absolute Gasteiger partial charge is 0.393 e. The fraction of sp³-hybridized carbons (Fsp3) is 0. The molecule has 1 aromatic heterocycles. The van der Waals surface area contributed by atoms with Crippen LogP contribution in [0.15, 0.2) is 35.3 Å². The zero-order valence-electron chi connectivity index (χ0n) is 9.04. The van der Waals surface area contributed by atoms with E-state index in [1.165, 1.54) is 0 Å². The quantitative estimate of drug-likeness (QED) is 0.662. The number of anilines is 3. The highest BCUT2D eigenvalue weighted by atomic mass is 15.1. The molecular weight excluding hydrogens is 216 g/mol. The molecule has 0 radical (unpaired) electrons. The van der Waals surface area contributed by atoms with Gasteiger partial charge in [-0.15, -0.1) is 0 Å². The lowest BCUT2D eigenvalue weighted by Crippen LogP contribution is -2.04. The van der Waals surface area contributed by atoms with Gasteiger partial charge in [0.15, 0.2) is 11.6 Å². The fourth-order valence-electron chi connectivity index (χ4n) is 1.27. The van der Waals surface area contributed by atoms with Crippen LogP contribution in [-0.4, -0.2) is 16.2 Å². The Kier molecular flexibility index (Phi) is 2.87. The monoisotopic (exact) mass is 228 g/mol. The first-order valence-corrected chi connectivity index (χ1v) is 4.94. The normalized spacial score (nSPS) is 10.8. The Labute approximate surface area is 98.2 Å². The molecule has 0 saturated carbocycles. The number of hydrogen-bond donors (Lipinski definition) is 3. The lowest BCUT2D eigenvalue weighted by Gasteiger charge is -2.02. The molecule has 6 N–H and O–H groups in total. The Bertz CT molecular complexity index is 549. The first kappa shape index (κ1) is 10.9. The molecule has 0 aliphatic rings. The standard InChI is InChI=1S/C11H12N6/c12-8-9(13)16-11(14)17-10(8)15-6-7-4-2-1-3-5-7/h1-6H,12H2,(H4,13,14,16,17). The minimum Gasteiger partial charge on any atom is -0.393 e. The molecule has 0 amide bonds. The molecule has 0 aliphatic heterocycles. The zero-order valence-corrected chi connectivity index (χ0v) is 9.04. The van der Waals surface area contributed by atoms with Gasteiger partial charge in [0.1, 0.15) is 5.69 Å². The van der Waals surface area contributed by atoms with Crippen molar-refractivity contribution in [3.05, 3.63) is 35.9 Å². The summed E-state index contributed by atoms with van der Waals surface area (Å²) in [6.45, 7) is 0. The number of nitrogens with two attached hydrogens (primary N) is 3. The first-order chi connectivity index (χ1) is 8.16. The molecule has 1 aromatic carbocycles. The van der Waals surface area contributed by atoms with Gasteiger partial charge in [-0.05, 0) is 5.56 Å². The lowest BCUT2D eigenvalue weighted by molar-refractivity contribution is 1.18. The smallest absolute Gasteiger partial charge is 0.224 e. The van der Waals surface area contributed by atoms with E-state index in [1.807, 2.05) is 30.3 Å². The van der Waals surface area contributed by atoms with E-state index in [1.54, 1.807) is 6.21 Å². The number of benzene rings is 1. The molecule has 1 heterocycles. The van der Waals surface area contributed by atoms with Gasteiger partial charge in [0.05, 0.1) is 0 Å². The van der Waals surface area contributed by atoms with E-state index in [0.29, 0.717) is 0 Å². The molecule has 2 rings (SSSR count). The second kappa shape index (κ2) is 4.48. The summed E-state index contributed by atoms with van der Waals surface area (Å²) >= 11 is 0. The van der Waals surface area contributed by atoms with Crippen LogP contribution in [0, 0.1) is 0 Å². The average Bonchev–Trinajstić information content (AvgIpc) is 2.33. The van der Waals surface area contributed by atoms with E-state index in [9.17, 15) is 0 Å². The second-order valence-corrected chi connectivity index (χ2v) is 3.37. The Hall–Kier alpha value is -2.63. The lowest BCUT2D eigenvalue weighted by atomic mass is 10.2. The van der Waals surface area contributed by atoms with Crippen LogP contribution in [-0.2, 0) is 0 Å². The van der Waals surface area contributed by atoms with Gasteiger partial charge in [0.2, 0.25) is 5.95 Å². The molecule has 0 saturated heterocycles. The molecule has 0 unspecified atom stereocenters. The van der Waals surface area contributed by atoms with Crippen LogP contribution in [0.3, 0.4) is 0 Å². The van der Waals surface area contributed by atoms with Crippen molar-refractivity contribution >= 4 is 29.5 Å². The minimum absolute atomic E-state index is 0.0527. The van der Waals surface area contributed by atoms with Crippen LogP contribution in [0.4, 0.5) is 23.3 Å². The highest BCUT2D eigenvalue weighted by molar-refractivity contribution is 5.84. The summed E-state index contributed by atoms with van der Waals surface area (Å²) in [5, 5.41) is 0. The van der Waals surface area contributed by atoms with Gasteiger partial charge in [0.25, 0.3) is 0 Å². The van der Waals surface area contributed by atoms with Crippen molar-refractivity contribution in [2.24, 2.45) is 4.99 Å². The van der Waals surface area contributed by atoms with Crippen molar-refractivity contribution < 1.29 is 0 Å². The van der Waals surface area contributed by atoms with Gasteiger partial charge in [0, 0.05) is 6.21 Å². The van der Waals surface area contributed by atoms with Gasteiger partial charge >= 0.3 is 0 Å². The second-order valence-electron chi connectivity index (χ2n) is 3.37. The van der Waals surface area contributed by atoms with E-state index in [-0.39, 0.29) is 23.3 Å². The van der Waals surface area contributed by atoms with Gasteiger partial charge < -0.3 is 17.2 Å². The van der Waals surface area contributed by atoms with Crippen molar-refractivity contribution in [1.29, 1.82) is 0 Å². The third kappa shape index (κ3) is 2.49. The summed E-state index contributed by atoms with van der Waals surface area (Å²) in [5.74, 6) is 0.466. The zero-order chi connectivity index (χ0) is 12.3. The van der Waals surface area contributed by atoms with E-state index in [0.717, 1.165) is 5.56 Å². The highest BCUT2D eigenvalue weighted by Gasteiger charge is 2.05. The fourth-order valence-corrected chi connectivity index (χ4v) is 1.27. The summed E-state index contributed by atoms with van der Waals surface area (Å²) in [4.78, 5) is 11.8. The summed E-state index contributed by atoms with van der Waals surface area (Å²) < 4.78 is 0. The highest BCUT2D eigenvalue weighted by Crippen LogP contribution is 2.24. The Morgan fingerprint density at radius 3 is 2.41 bits per heavy atom. The third-order valence-corrected chi connectivity index (χ3v) is 2.11. The SMILES string of the molecule is Nc1nc(N)c(N)c(N=Cc2ccccc2)n1. The number of nitrogens with zero attached hydrogens (tertiary/aromatic N) is 3. The Balaban J connectivity index is 2.33. The van der Waals surface area contributed by atoms with Gasteiger partial charge in [-0.2, -0.15) is 9.97 Å². The third-order valence-electron chi connectivity index (χ3n) is 2.11. The van der Waals surface area contributed by atoms with Crippen molar-refractivity contribution in [3.8, 4) is 0 Å². The van der Waals surface area contributed by atoms with Crippen molar-refractivity contribution in [2.45, 2.75) is 0 Å². The average molecular weight is 228 g/mol. The van der Waals surface area contributed by atoms with Crippen LogP contribution in [0.5, 0.6) is 0 Å². The molecule has 6 heteroatoms. The van der Waals surface area contributed by atoms with Crippen LogP contribution in [0.2, 0.25) is 0 Å². The van der Waals surface area contributed by atoms with E-state index in [4.69, 9.17) is 17.2 Å². The van der Waals surface area contributed by atoms with E-state index >= 15 is 0 Å². The molecule has 6 nitrogen and oxygen atoms in total. The molecule has 0 bridgehead atoms. The predicted octanol–water partition coefficient (Wildman–Crippen LogP) is 0.974. The summed E-state index contributed by atoms with van der Waals surface area (Å²) in [7, 11) is 0. The summed E-state index contributed by atoms with van der Waals surface area (Å²) in [5.41, 5.74) is 17.9. The van der Waals surface area contributed by atoms with Gasteiger partial charge in [-0.1, -0.05) is 30.3 Å². The van der Waals surface area contributed by atoms with Crippen LogP contribution in [0.25, 0.3) is 0 Å². The van der Waals surface area contributed by atoms with Crippen molar-refractivity contribution in [3.63, 3.8) is 0 Å². The number of nitrogen functional groups attached to an aromatic ring is 3. The van der Waals surface area contributed by atoms with Gasteiger partial charge in [-0.25, -0.2) is 4.99 Å². The maximum atomic E-state index is 5.70. The van der Waals surface area contributed by atoms with E-state index in [2.05, 4.69) is 15.0 Å². The molecule has 0 atom stereocenters. The van der Waals surface area contributed by atoms with Crippen molar-refractivity contribution in [1.82, 2.24) is 9.97 Å². The number of aliphatic imine (C=N–C) groups is 1. The molecule has 0 spiro atoms. The number of rotatable bonds is 2. The maximum Gasteiger partial charge on any atom is 0.224 e. The Morgan fingerprint density at radius 1 is 1.00 bits per heavy atom. The minimum atomic E-state index is 0.0527. The molecule has 0 aliphatic carbocycles. The van der Waals surface area contributed by atoms with Crippen LogP contribution >= 0.6 is 0 Å². The number of aromatic nitrogens is 2. The first-order valence-electron chi connectivity index (χ1n) is 4.94. The molecule has 2 aromatic rings. The van der Waals surface area contributed by atoms with Crippen LogP contribution < -0.4 is 17.2 Å². The molecular formula is C11H12N6. The van der Waals surface area contributed by atoms with Crippen molar-refractivity contribution in [2.75, 3.05) is 17.2 Å². The van der Waals surface area contributed by atoms with E-state index < -0.39 is 0 Å². The number of hydrogen-bond acceptors (Lipinski definition) is 6. The summed E-state index contributed by atoms with van der Waals surface area (Å²) in [6.07, 6.45) is 1.64.